The summed E-state index contributed by atoms with van der Waals surface area (Å²) in [7, 11) is 0. The van der Waals surface area contributed by atoms with Crippen molar-refractivity contribution < 1.29 is 13.9 Å². The zero-order chi connectivity index (χ0) is 12.1. The average molecular weight is 237 g/mol. The maximum Gasteiger partial charge on any atom is 0.224 e. The first kappa shape index (κ1) is 12.0. The Morgan fingerprint density at radius 3 is 3.12 bits per heavy atom. The SMILES string of the molecule is O=C(Cc1cccc(F)c1)NC[C@H]1CCCO1. The molecule has 0 radical (unpaired) electrons. The van der Waals surface area contributed by atoms with E-state index in [1.54, 1.807) is 12.1 Å². The molecule has 0 aliphatic carbocycles. The van der Waals surface area contributed by atoms with E-state index in [1.807, 2.05) is 0 Å². The molecule has 1 atom stereocenters. The minimum atomic E-state index is -0.311. The number of rotatable bonds is 4. The van der Waals surface area contributed by atoms with Crippen LogP contribution in [0.3, 0.4) is 0 Å². The van der Waals surface area contributed by atoms with Gasteiger partial charge in [-0.2, -0.15) is 0 Å². The van der Waals surface area contributed by atoms with Crippen LogP contribution in [0.5, 0.6) is 0 Å². The summed E-state index contributed by atoms with van der Waals surface area (Å²) in [5.74, 6) is -0.402. The van der Waals surface area contributed by atoms with Gasteiger partial charge in [0.2, 0.25) is 5.91 Å². The first-order chi connectivity index (χ1) is 8.24. The van der Waals surface area contributed by atoms with E-state index in [2.05, 4.69) is 5.32 Å². The molecule has 1 N–H and O–H groups in total. The Kier molecular flexibility index (Phi) is 4.09. The molecule has 1 aliphatic heterocycles. The predicted molar refractivity (Wildman–Crippen MR) is 62.1 cm³/mol. The lowest BCUT2D eigenvalue weighted by atomic mass is 10.1. The van der Waals surface area contributed by atoms with Gasteiger partial charge in [-0.25, -0.2) is 4.39 Å². The fraction of sp³-hybridized carbons (Fsp3) is 0.462. The van der Waals surface area contributed by atoms with Crippen LogP contribution in [0.2, 0.25) is 0 Å². The molecule has 0 unspecified atom stereocenters. The van der Waals surface area contributed by atoms with Crippen molar-refractivity contribution >= 4 is 5.91 Å². The summed E-state index contributed by atoms with van der Waals surface area (Å²) in [6.07, 6.45) is 2.42. The van der Waals surface area contributed by atoms with Gasteiger partial charge in [-0.3, -0.25) is 4.79 Å². The third-order valence-electron chi connectivity index (χ3n) is 2.80. The van der Waals surface area contributed by atoms with E-state index < -0.39 is 0 Å². The smallest absolute Gasteiger partial charge is 0.224 e. The standard InChI is InChI=1S/C13H16FNO2/c14-11-4-1-3-10(7-11)8-13(16)15-9-12-5-2-6-17-12/h1,3-4,7,12H,2,5-6,8-9H2,(H,15,16)/t12-/m1/s1. The molecule has 0 spiro atoms. The summed E-state index contributed by atoms with van der Waals surface area (Å²) < 4.78 is 18.3. The molecular formula is C13H16FNO2. The predicted octanol–water partition coefficient (Wildman–Crippen LogP) is 1.66. The zero-order valence-electron chi connectivity index (χ0n) is 9.62. The fourth-order valence-electron chi connectivity index (χ4n) is 1.93. The molecule has 0 bridgehead atoms. The quantitative estimate of drug-likeness (QED) is 0.865. The molecule has 92 valence electrons. The van der Waals surface area contributed by atoms with Crippen molar-refractivity contribution in [1.29, 1.82) is 0 Å². The van der Waals surface area contributed by atoms with Gasteiger partial charge in [0.15, 0.2) is 0 Å². The van der Waals surface area contributed by atoms with Gasteiger partial charge < -0.3 is 10.1 Å². The van der Waals surface area contributed by atoms with E-state index in [0.29, 0.717) is 12.1 Å². The monoisotopic (exact) mass is 237 g/mol. The number of nitrogens with one attached hydrogen (secondary N) is 1. The Hall–Kier alpha value is -1.42. The van der Waals surface area contributed by atoms with Crippen LogP contribution in [0, 0.1) is 5.82 Å². The highest BCUT2D eigenvalue weighted by molar-refractivity contribution is 5.78. The van der Waals surface area contributed by atoms with Crippen molar-refractivity contribution in [2.24, 2.45) is 0 Å². The summed E-state index contributed by atoms with van der Waals surface area (Å²) >= 11 is 0. The Bertz CT molecular complexity index is 389. The van der Waals surface area contributed by atoms with Crippen LogP contribution >= 0.6 is 0 Å². The molecule has 4 heteroatoms. The molecule has 0 aromatic heterocycles. The molecule has 1 amide bonds. The number of ether oxygens (including phenoxy) is 1. The van der Waals surface area contributed by atoms with Gasteiger partial charge in [0.05, 0.1) is 12.5 Å². The summed E-state index contributed by atoms with van der Waals surface area (Å²) in [6, 6.07) is 6.10. The first-order valence-corrected chi connectivity index (χ1v) is 5.87. The van der Waals surface area contributed by atoms with Gasteiger partial charge in [-0.15, -0.1) is 0 Å². The lowest BCUT2D eigenvalue weighted by Crippen LogP contribution is -2.32. The number of hydrogen-bond acceptors (Lipinski definition) is 2. The van der Waals surface area contributed by atoms with Crippen LogP contribution in [0.15, 0.2) is 24.3 Å². The van der Waals surface area contributed by atoms with Crippen molar-refractivity contribution in [2.75, 3.05) is 13.2 Å². The number of carbonyl (C=O) groups excluding carboxylic acids is 1. The normalized spacial score (nSPS) is 19.2. The minimum absolute atomic E-state index is 0.0916. The molecule has 0 saturated carbocycles. The largest absolute Gasteiger partial charge is 0.376 e. The number of benzene rings is 1. The van der Waals surface area contributed by atoms with Crippen LogP contribution in [-0.4, -0.2) is 25.2 Å². The molecule has 1 aliphatic rings. The lowest BCUT2D eigenvalue weighted by molar-refractivity contribution is -0.120. The van der Waals surface area contributed by atoms with E-state index in [0.717, 1.165) is 19.4 Å². The second-order valence-electron chi connectivity index (χ2n) is 4.25. The Labute approximate surface area is 100.0 Å². The van der Waals surface area contributed by atoms with Crippen molar-refractivity contribution in [3.63, 3.8) is 0 Å². The van der Waals surface area contributed by atoms with Crippen LogP contribution in [0.1, 0.15) is 18.4 Å². The van der Waals surface area contributed by atoms with E-state index >= 15 is 0 Å². The van der Waals surface area contributed by atoms with E-state index in [-0.39, 0.29) is 24.2 Å². The Balaban J connectivity index is 1.76. The number of amides is 1. The minimum Gasteiger partial charge on any atom is -0.376 e. The molecule has 1 aromatic carbocycles. The van der Waals surface area contributed by atoms with Crippen LogP contribution in [0.4, 0.5) is 4.39 Å². The maximum atomic E-state index is 12.9. The molecule has 1 saturated heterocycles. The highest BCUT2D eigenvalue weighted by Crippen LogP contribution is 2.10. The highest BCUT2D eigenvalue weighted by Gasteiger charge is 2.16. The second kappa shape index (κ2) is 5.77. The van der Waals surface area contributed by atoms with Gasteiger partial charge in [-0.05, 0) is 30.5 Å². The van der Waals surface area contributed by atoms with Crippen LogP contribution in [-0.2, 0) is 16.0 Å². The first-order valence-electron chi connectivity index (χ1n) is 5.87. The van der Waals surface area contributed by atoms with E-state index in [1.165, 1.54) is 12.1 Å². The van der Waals surface area contributed by atoms with Crippen LogP contribution in [0.25, 0.3) is 0 Å². The molecule has 2 rings (SSSR count). The van der Waals surface area contributed by atoms with Gasteiger partial charge in [0.1, 0.15) is 5.82 Å². The summed E-state index contributed by atoms with van der Waals surface area (Å²) in [5, 5.41) is 2.81. The number of hydrogen-bond donors (Lipinski definition) is 1. The number of halogens is 1. The fourth-order valence-corrected chi connectivity index (χ4v) is 1.93. The molecule has 1 aromatic rings. The molecule has 3 nitrogen and oxygen atoms in total. The third-order valence-corrected chi connectivity index (χ3v) is 2.80. The molecule has 1 heterocycles. The maximum absolute atomic E-state index is 12.9. The molecule has 1 fully saturated rings. The Morgan fingerprint density at radius 2 is 2.41 bits per heavy atom. The average Bonchev–Trinajstić information content (AvgIpc) is 2.79. The van der Waals surface area contributed by atoms with Crippen molar-refractivity contribution in [3.8, 4) is 0 Å². The van der Waals surface area contributed by atoms with Crippen molar-refractivity contribution in [1.82, 2.24) is 5.32 Å². The van der Waals surface area contributed by atoms with E-state index in [9.17, 15) is 9.18 Å². The molecular weight excluding hydrogens is 221 g/mol. The summed E-state index contributed by atoms with van der Waals surface area (Å²) in [4.78, 5) is 11.6. The summed E-state index contributed by atoms with van der Waals surface area (Å²) in [6.45, 7) is 1.33. The summed E-state index contributed by atoms with van der Waals surface area (Å²) in [5.41, 5.74) is 0.690. The number of carbonyl (C=O) groups is 1. The zero-order valence-corrected chi connectivity index (χ0v) is 9.62. The van der Waals surface area contributed by atoms with Gasteiger partial charge >= 0.3 is 0 Å². The van der Waals surface area contributed by atoms with Gasteiger partial charge in [0.25, 0.3) is 0 Å². The third kappa shape index (κ3) is 3.82. The second-order valence-corrected chi connectivity index (χ2v) is 4.25. The van der Waals surface area contributed by atoms with Gasteiger partial charge in [-0.1, -0.05) is 12.1 Å². The van der Waals surface area contributed by atoms with Crippen molar-refractivity contribution in [2.45, 2.75) is 25.4 Å². The molecule has 17 heavy (non-hydrogen) atoms. The highest BCUT2D eigenvalue weighted by atomic mass is 19.1. The van der Waals surface area contributed by atoms with Crippen molar-refractivity contribution in [3.05, 3.63) is 35.6 Å². The topological polar surface area (TPSA) is 38.3 Å². The van der Waals surface area contributed by atoms with Crippen LogP contribution < -0.4 is 5.32 Å². The lowest BCUT2D eigenvalue weighted by Gasteiger charge is -2.10. The Morgan fingerprint density at radius 1 is 1.53 bits per heavy atom. The van der Waals surface area contributed by atoms with Gasteiger partial charge in [0, 0.05) is 13.2 Å². The van der Waals surface area contributed by atoms with E-state index in [4.69, 9.17) is 4.74 Å².